The normalized spacial score (nSPS) is 20.6. The second-order valence-electron chi connectivity index (χ2n) is 7.58. The molecule has 2 atom stereocenters. The zero-order chi connectivity index (χ0) is 19.0. The Morgan fingerprint density at radius 3 is 2.56 bits per heavy atom. The van der Waals surface area contributed by atoms with Crippen LogP contribution in [0.3, 0.4) is 0 Å². The van der Waals surface area contributed by atoms with Gasteiger partial charge < -0.3 is 16.0 Å². The minimum atomic E-state index is -0.671. The molecule has 27 heavy (non-hydrogen) atoms. The maximum atomic E-state index is 13.3. The van der Waals surface area contributed by atoms with Crippen molar-refractivity contribution < 1.29 is 9.59 Å². The van der Waals surface area contributed by atoms with Crippen LogP contribution >= 0.6 is 0 Å². The number of carbonyl (C=O) groups excluding carboxylic acids is 2. The first-order chi connectivity index (χ1) is 13.0. The number of amides is 3. The van der Waals surface area contributed by atoms with Crippen molar-refractivity contribution in [2.45, 2.75) is 50.6 Å². The van der Waals surface area contributed by atoms with Gasteiger partial charge in [0.25, 0.3) is 5.91 Å². The van der Waals surface area contributed by atoms with Gasteiger partial charge in [-0.1, -0.05) is 48.9 Å². The Kier molecular flexibility index (Phi) is 4.60. The molecule has 1 saturated carbocycles. The molecule has 0 bridgehead atoms. The molecule has 2 aromatic rings. The van der Waals surface area contributed by atoms with Crippen LogP contribution in [0.4, 0.5) is 10.5 Å². The minimum Gasteiger partial charge on any atom is -0.352 e. The predicted octanol–water partition coefficient (Wildman–Crippen LogP) is 3.64. The van der Waals surface area contributed by atoms with E-state index in [4.69, 9.17) is 5.73 Å². The highest BCUT2D eigenvalue weighted by molar-refractivity contribution is 6.02. The Bertz CT molecular complexity index is 861. The summed E-state index contributed by atoms with van der Waals surface area (Å²) in [7, 11) is 0. The van der Waals surface area contributed by atoms with Crippen LogP contribution in [0.2, 0.25) is 0 Å². The van der Waals surface area contributed by atoms with E-state index < -0.39 is 12.1 Å². The van der Waals surface area contributed by atoms with Gasteiger partial charge in [-0.05, 0) is 48.4 Å². The number of carbonyl (C=O) groups is 2. The fraction of sp³-hybridized carbons (Fsp3) is 0.364. The molecule has 140 valence electrons. The number of rotatable bonds is 4. The van der Waals surface area contributed by atoms with Crippen LogP contribution in [0.1, 0.15) is 54.8 Å². The molecule has 0 aromatic heterocycles. The molecular formula is C22H25N3O2. The Balaban J connectivity index is 1.76. The molecule has 5 heteroatoms. The summed E-state index contributed by atoms with van der Waals surface area (Å²) in [6, 6.07) is 15.0. The molecule has 0 saturated heterocycles. The van der Waals surface area contributed by atoms with Gasteiger partial charge in [0, 0.05) is 12.1 Å². The molecule has 4 rings (SSSR count). The number of hydrogen-bond acceptors (Lipinski definition) is 2. The molecule has 0 unspecified atom stereocenters. The van der Waals surface area contributed by atoms with E-state index in [2.05, 4.69) is 23.5 Å². The average Bonchev–Trinajstić information content (AvgIpc) is 2.61. The maximum Gasteiger partial charge on any atom is 0.312 e. The fourth-order valence-electron chi connectivity index (χ4n) is 4.13. The van der Waals surface area contributed by atoms with E-state index >= 15 is 0 Å². The first kappa shape index (κ1) is 17.6. The van der Waals surface area contributed by atoms with Gasteiger partial charge in [0.15, 0.2) is 0 Å². The Hall–Kier alpha value is -2.82. The molecule has 5 nitrogen and oxygen atoms in total. The third-order valence-electron chi connectivity index (χ3n) is 5.89. The first-order valence-electron chi connectivity index (χ1n) is 9.61. The molecule has 3 N–H and O–H groups in total. The van der Waals surface area contributed by atoms with Gasteiger partial charge in [-0.25, -0.2) is 4.79 Å². The summed E-state index contributed by atoms with van der Waals surface area (Å²) >= 11 is 0. The zero-order valence-corrected chi connectivity index (χ0v) is 15.5. The van der Waals surface area contributed by atoms with Crippen molar-refractivity contribution in [1.82, 2.24) is 5.32 Å². The van der Waals surface area contributed by atoms with Crippen molar-refractivity contribution in [3.63, 3.8) is 0 Å². The monoisotopic (exact) mass is 363 g/mol. The standard InChI is InChI=1S/C22H25N3O2/c1-14(15-6-3-2-4-7-15)25-20-13-17(16-8-5-9-16)10-11-18(20)12-19(21(25)26)24-22(23)27/h2-4,6-7,10-11,13-14,16,19H,5,8-9,12H2,1H3,(H3,23,24,27)/t14-,19+/m0/s1. The van der Waals surface area contributed by atoms with E-state index in [9.17, 15) is 9.59 Å². The summed E-state index contributed by atoms with van der Waals surface area (Å²) in [6.45, 7) is 2.03. The van der Waals surface area contributed by atoms with Crippen molar-refractivity contribution in [3.8, 4) is 0 Å². The molecule has 0 spiro atoms. The van der Waals surface area contributed by atoms with Crippen LogP contribution in [0, 0.1) is 0 Å². The van der Waals surface area contributed by atoms with Gasteiger partial charge in [0.1, 0.15) is 6.04 Å². The van der Waals surface area contributed by atoms with Crippen molar-refractivity contribution in [2.75, 3.05) is 4.90 Å². The highest BCUT2D eigenvalue weighted by Crippen LogP contribution is 2.41. The van der Waals surface area contributed by atoms with Gasteiger partial charge in [0.2, 0.25) is 0 Å². The summed E-state index contributed by atoms with van der Waals surface area (Å²) in [6.07, 6.45) is 4.18. The summed E-state index contributed by atoms with van der Waals surface area (Å²) < 4.78 is 0. The zero-order valence-electron chi connectivity index (χ0n) is 15.5. The number of urea groups is 1. The molecule has 0 radical (unpaired) electrons. The van der Waals surface area contributed by atoms with Crippen molar-refractivity contribution in [2.24, 2.45) is 5.73 Å². The van der Waals surface area contributed by atoms with E-state index in [1.165, 1.54) is 24.8 Å². The SMILES string of the molecule is C[C@@H](c1ccccc1)N1C(=O)[C@H](NC(N)=O)Cc2ccc(C3CCC3)cc21. The summed E-state index contributed by atoms with van der Waals surface area (Å²) in [5, 5.41) is 2.62. The van der Waals surface area contributed by atoms with E-state index in [1.807, 2.05) is 42.2 Å². The quantitative estimate of drug-likeness (QED) is 0.870. The van der Waals surface area contributed by atoms with Gasteiger partial charge in [-0.3, -0.25) is 4.79 Å². The molecular weight excluding hydrogens is 338 g/mol. The molecule has 1 fully saturated rings. The van der Waals surface area contributed by atoms with Crippen LogP contribution in [0.5, 0.6) is 0 Å². The van der Waals surface area contributed by atoms with Crippen LogP contribution in [0.15, 0.2) is 48.5 Å². The number of nitrogens with zero attached hydrogens (tertiary/aromatic N) is 1. The Labute approximate surface area is 159 Å². The number of anilines is 1. The van der Waals surface area contributed by atoms with E-state index in [1.54, 1.807) is 0 Å². The lowest BCUT2D eigenvalue weighted by atomic mass is 9.79. The summed E-state index contributed by atoms with van der Waals surface area (Å²) in [5.41, 5.74) is 9.70. The van der Waals surface area contributed by atoms with Gasteiger partial charge in [0.05, 0.1) is 6.04 Å². The smallest absolute Gasteiger partial charge is 0.312 e. The topological polar surface area (TPSA) is 75.4 Å². The summed E-state index contributed by atoms with van der Waals surface area (Å²) in [4.78, 5) is 26.5. The second kappa shape index (κ2) is 7.06. The Morgan fingerprint density at radius 1 is 1.19 bits per heavy atom. The van der Waals surface area contributed by atoms with E-state index in [-0.39, 0.29) is 11.9 Å². The van der Waals surface area contributed by atoms with Crippen molar-refractivity contribution >= 4 is 17.6 Å². The van der Waals surface area contributed by atoms with Crippen LogP contribution in [-0.4, -0.2) is 18.0 Å². The highest BCUT2D eigenvalue weighted by atomic mass is 16.2. The number of fused-ring (bicyclic) bond motifs is 1. The number of nitrogens with two attached hydrogens (primary N) is 1. The minimum absolute atomic E-state index is 0.108. The molecule has 1 aliphatic carbocycles. The van der Waals surface area contributed by atoms with Crippen molar-refractivity contribution in [3.05, 3.63) is 65.2 Å². The molecule has 3 amide bonds. The third kappa shape index (κ3) is 3.29. The summed E-state index contributed by atoms with van der Waals surface area (Å²) in [5.74, 6) is 0.490. The first-order valence-corrected chi connectivity index (χ1v) is 9.61. The van der Waals surface area contributed by atoms with Gasteiger partial charge in [-0.15, -0.1) is 0 Å². The van der Waals surface area contributed by atoms with Crippen molar-refractivity contribution in [1.29, 1.82) is 0 Å². The number of nitrogens with one attached hydrogen (secondary N) is 1. The highest BCUT2D eigenvalue weighted by Gasteiger charge is 2.37. The molecule has 1 heterocycles. The molecule has 1 aliphatic heterocycles. The lowest BCUT2D eigenvalue weighted by Crippen LogP contribution is -2.54. The fourth-order valence-corrected chi connectivity index (χ4v) is 4.13. The van der Waals surface area contributed by atoms with Crippen LogP contribution < -0.4 is 16.0 Å². The number of benzene rings is 2. The average molecular weight is 363 g/mol. The molecule has 2 aliphatic rings. The van der Waals surface area contributed by atoms with Crippen LogP contribution in [0.25, 0.3) is 0 Å². The maximum absolute atomic E-state index is 13.3. The number of primary amides is 1. The largest absolute Gasteiger partial charge is 0.352 e. The van der Waals surface area contributed by atoms with Gasteiger partial charge in [-0.2, -0.15) is 0 Å². The van der Waals surface area contributed by atoms with E-state index in [0.717, 1.165) is 16.8 Å². The predicted molar refractivity (Wildman–Crippen MR) is 106 cm³/mol. The van der Waals surface area contributed by atoms with Gasteiger partial charge >= 0.3 is 6.03 Å². The number of hydrogen-bond donors (Lipinski definition) is 2. The Morgan fingerprint density at radius 2 is 1.93 bits per heavy atom. The molecule has 2 aromatic carbocycles. The van der Waals surface area contributed by atoms with Crippen LogP contribution in [-0.2, 0) is 11.2 Å². The second-order valence-corrected chi connectivity index (χ2v) is 7.58. The van der Waals surface area contributed by atoms with E-state index in [0.29, 0.717) is 12.3 Å². The lowest BCUT2D eigenvalue weighted by Gasteiger charge is -2.39. The third-order valence-corrected chi connectivity index (χ3v) is 5.89. The lowest BCUT2D eigenvalue weighted by molar-refractivity contribution is -0.121.